The van der Waals surface area contributed by atoms with Crippen LogP contribution in [-0.4, -0.2) is 0 Å². The van der Waals surface area contributed by atoms with Crippen LogP contribution in [0.3, 0.4) is 0 Å². The Morgan fingerprint density at radius 3 is 1.48 bits per heavy atom. The topological polar surface area (TPSA) is 15.3 Å². The van der Waals surface area contributed by atoms with Crippen molar-refractivity contribution in [3.8, 4) is 0 Å². The molecular weight excluding hydrogens is 372 g/mol. The Morgan fingerprint density at radius 2 is 1.00 bits per heavy atom. The molecule has 0 radical (unpaired) electrons. The molecule has 0 spiro atoms. The third-order valence-corrected chi connectivity index (χ3v) is 5.25. The third kappa shape index (κ3) is 4.47. The number of para-hydroxylation sites is 3. The molecule has 4 rings (SSSR count). The highest BCUT2D eigenvalue weighted by Crippen LogP contribution is 2.36. The van der Waals surface area contributed by atoms with Crippen LogP contribution in [-0.2, 0) is 4.87 Å². The van der Waals surface area contributed by atoms with Crippen LogP contribution in [0.1, 0.15) is 12.5 Å². The predicted molar refractivity (Wildman–Crippen MR) is 128 cm³/mol. The number of hydrogen-bond acceptors (Lipinski definition) is 3. The van der Waals surface area contributed by atoms with Crippen LogP contribution in [0.2, 0.25) is 0 Å². The maximum absolute atomic E-state index is 4.89. The molecule has 1 atom stereocenters. The van der Waals surface area contributed by atoms with E-state index in [9.17, 15) is 0 Å². The van der Waals surface area contributed by atoms with E-state index in [0.29, 0.717) is 0 Å². The Kier molecular flexibility index (Phi) is 5.59. The van der Waals surface area contributed by atoms with Gasteiger partial charge in [-0.1, -0.05) is 66.7 Å². The lowest BCUT2D eigenvalue weighted by Crippen LogP contribution is -2.25. The maximum atomic E-state index is 4.89. The van der Waals surface area contributed by atoms with Gasteiger partial charge in [0.25, 0.3) is 0 Å². The van der Waals surface area contributed by atoms with Crippen LogP contribution in [0.15, 0.2) is 115 Å². The summed E-state index contributed by atoms with van der Waals surface area (Å²) in [5.74, 6) is 0. The van der Waals surface area contributed by atoms with Gasteiger partial charge in [0.05, 0.1) is 0 Å². The van der Waals surface area contributed by atoms with Crippen LogP contribution < -0.4 is 10.2 Å². The summed E-state index contributed by atoms with van der Waals surface area (Å²) in [6.45, 7) is 2.07. The van der Waals surface area contributed by atoms with E-state index in [1.54, 1.807) is 0 Å². The van der Waals surface area contributed by atoms with Gasteiger partial charge in [-0.05, 0) is 61.0 Å². The predicted octanol–water partition coefficient (Wildman–Crippen LogP) is 7.37. The number of rotatable bonds is 6. The fraction of sp³-hybridized carbons (Fsp3) is 0.0769. The molecule has 3 heteroatoms. The van der Waals surface area contributed by atoms with E-state index < -0.39 is 4.87 Å². The van der Waals surface area contributed by atoms with Crippen molar-refractivity contribution in [2.75, 3.05) is 10.2 Å². The number of benzene rings is 4. The second-order valence-corrected chi connectivity index (χ2v) is 8.01. The highest BCUT2D eigenvalue weighted by molar-refractivity contribution is 7.81. The fourth-order valence-corrected chi connectivity index (χ4v) is 3.69. The fourth-order valence-electron chi connectivity index (χ4n) is 3.41. The zero-order chi connectivity index (χ0) is 20.1. The highest BCUT2D eigenvalue weighted by Gasteiger charge is 2.22. The summed E-state index contributed by atoms with van der Waals surface area (Å²) in [4.78, 5) is 1.77. The van der Waals surface area contributed by atoms with Gasteiger partial charge in [0, 0.05) is 22.7 Å². The van der Waals surface area contributed by atoms with Crippen molar-refractivity contribution in [1.29, 1.82) is 0 Å². The van der Waals surface area contributed by atoms with Crippen molar-refractivity contribution in [3.63, 3.8) is 0 Å². The third-order valence-electron chi connectivity index (χ3n) is 4.88. The lowest BCUT2D eigenvalue weighted by atomic mass is 10.1. The molecule has 29 heavy (non-hydrogen) atoms. The minimum atomic E-state index is -0.482. The van der Waals surface area contributed by atoms with Crippen molar-refractivity contribution in [2.45, 2.75) is 11.8 Å². The first-order valence-corrected chi connectivity index (χ1v) is 10.1. The van der Waals surface area contributed by atoms with Crippen LogP contribution >= 0.6 is 12.6 Å². The largest absolute Gasteiger partial charge is 0.367 e. The van der Waals surface area contributed by atoms with E-state index in [0.717, 1.165) is 28.3 Å². The van der Waals surface area contributed by atoms with E-state index in [4.69, 9.17) is 12.6 Å². The molecule has 4 aromatic rings. The van der Waals surface area contributed by atoms with Gasteiger partial charge in [0.1, 0.15) is 4.87 Å². The minimum absolute atomic E-state index is 0.482. The van der Waals surface area contributed by atoms with Gasteiger partial charge >= 0.3 is 0 Å². The van der Waals surface area contributed by atoms with Crippen molar-refractivity contribution >= 4 is 35.4 Å². The summed E-state index contributed by atoms with van der Waals surface area (Å²) < 4.78 is 0. The Morgan fingerprint density at radius 1 is 0.586 bits per heavy atom. The Bertz CT molecular complexity index is 991. The molecule has 0 aliphatic heterocycles. The van der Waals surface area contributed by atoms with Crippen molar-refractivity contribution < 1.29 is 0 Å². The summed E-state index contributed by atoms with van der Waals surface area (Å²) in [5, 5.41) is 3.50. The van der Waals surface area contributed by atoms with Crippen molar-refractivity contribution in [2.24, 2.45) is 0 Å². The van der Waals surface area contributed by atoms with Gasteiger partial charge in [-0.25, -0.2) is 0 Å². The number of nitrogens with zero attached hydrogens (tertiary/aromatic N) is 1. The molecule has 0 heterocycles. The van der Waals surface area contributed by atoms with Crippen molar-refractivity contribution in [3.05, 3.63) is 121 Å². The average Bonchev–Trinajstić information content (AvgIpc) is 2.76. The molecule has 0 aliphatic rings. The van der Waals surface area contributed by atoms with Gasteiger partial charge in [-0.15, -0.1) is 12.6 Å². The summed E-state index contributed by atoms with van der Waals surface area (Å²) in [6, 6.07) is 39.6. The molecule has 1 unspecified atom stereocenters. The minimum Gasteiger partial charge on any atom is -0.367 e. The standard InChI is InChI=1S/C26H24N2S/c1-26(29,27-22-11-5-2-6-12-22)21-17-19-25(20-18-21)28(23-13-7-3-8-14-23)24-15-9-4-10-16-24/h2-20,27,29H,1H3. The molecule has 0 fully saturated rings. The molecule has 144 valence electrons. The molecule has 4 aromatic carbocycles. The van der Waals surface area contributed by atoms with Gasteiger partial charge in [0.2, 0.25) is 0 Å². The Labute approximate surface area is 178 Å². The van der Waals surface area contributed by atoms with Crippen molar-refractivity contribution in [1.82, 2.24) is 0 Å². The quantitative estimate of drug-likeness (QED) is 0.261. The number of anilines is 4. The van der Waals surface area contributed by atoms with Gasteiger partial charge in [0.15, 0.2) is 0 Å². The van der Waals surface area contributed by atoms with E-state index in [1.807, 2.05) is 30.3 Å². The second kappa shape index (κ2) is 8.46. The van der Waals surface area contributed by atoms with E-state index in [-0.39, 0.29) is 0 Å². The summed E-state index contributed by atoms with van der Waals surface area (Å²) in [5.41, 5.74) is 5.51. The first-order valence-electron chi connectivity index (χ1n) is 9.70. The first-order chi connectivity index (χ1) is 14.1. The van der Waals surface area contributed by atoms with Gasteiger partial charge in [-0.3, -0.25) is 0 Å². The zero-order valence-electron chi connectivity index (χ0n) is 16.4. The zero-order valence-corrected chi connectivity index (χ0v) is 17.3. The van der Waals surface area contributed by atoms with E-state index in [1.165, 1.54) is 0 Å². The lowest BCUT2D eigenvalue weighted by molar-refractivity contribution is 0.811. The molecule has 1 N–H and O–H groups in total. The molecular formula is C26H24N2S. The molecule has 0 aromatic heterocycles. The SMILES string of the molecule is CC(S)(Nc1ccccc1)c1ccc(N(c2ccccc2)c2ccccc2)cc1. The van der Waals surface area contributed by atoms with Crippen LogP contribution in [0.4, 0.5) is 22.7 Å². The number of thiol groups is 1. The van der Waals surface area contributed by atoms with Crippen LogP contribution in [0.25, 0.3) is 0 Å². The monoisotopic (exact) mass is 396 g/mol. The molecule has 0 saturated heterocycles. The Balaban J connectivity index is 1.66. The maximum Gasteiger partial charge on any atom is 0.103 e. The van der Waals surface area contributed by atoms with Gasteiger partial charge < -0.3 is 10.2 Å². The van der Waals surface area contributed by atoms with Crippen LogP contribution in [0, 0.1) is 0 Å². The molecule has 0 amide bonds. The number of hydrogen-bond donors (Lipinski definition) is 2. The Hall–Kier alpha value is -3.17. The molecule has 0 saturated carbocycles. The lowest BCUT2D eigenvalue weighted by Gasteiger charge is -2.29. The van der Waals surface area contributed by atoms with Crippen LogP contribution in [0.5, 0.6) is 0 Å². The summed E-state index contributed by atoms with van der Waals surface area (Å²) >= 11 is 4.89. The normalized spacial score (nSPS) is 12.8. The smallest absolute Gasteiger partial charge is 0.103 e. The first kappa shape index (κ1) is 19.2. The summed E-state index contributed by atoms with van der Waals surface area (Å²) in [6.07, 6.45) is 0. The highest BCUT2D eigenvalue weighted by atomic mass is 32.1. The molecule has 0 aliphatic carbocycles. The summed E-state index contributed by atoms with van der Waals surface area (Å²) in [7, 11) is 0. The number of nitrogens with one attached hydrogen (secondary N) is 1. The van der Waals surface area contributed by atoms with E-state index in [2.05, 4.69) is 102 Å². The molecule has 0 bridgehead atoms. The molecule has 2 nitrogen and oxygen atoms in total. The average molecular weight is 397 g/mol. The van der Waals surface area contributed by atoms with Gasteiger partial charge in [-0.2, -0.15) is 0 Å². The van der Waals surface area contributed by atoms with E-state index >= 15 is 0 Å². The second-order valence-electron chi connectivity index (χ2n) is 7.12.